The molecule has 2 amide bonds. The number of carbonyl (C=O) groups excluding carboxylic acids is 2. The van der Waals surface area contributed by atoms with Crippen LogP contribution in [0, 0.1) is 0 Å². The maximum atomic E-state index is 12.2. The molecule has 6 heteroatoms. The molecule has 0 aliphatic carbocycles. The van der Waals surface area contributed by atoms with Crippen LogP contribution >= 0.6 is 0 Å². The number of benzene rings is 1. The number of hydrogen-bond donors (Lipinski definition) is 2. The van der Waals surface area contributed by atoms with Crippen LogP contribution in [0.2, 0.25) is 0 Å². The maximum Gasteiger partial charge on any atom is 0.237 e. The van der Waals surface area contributed by atoms with Crippen molar-refractivity contribution < 1.29 is 14.3 Å². The van der Waals surface area contributed by atoms with Crippen molar-refractivity contribution in [1.29, 1.82) is 0 Å². The van der Waals surface area contributed by atoms with E-state index in [0.29, 0.717) is 6.54 Å². The summed E-state index contributed by atoms with van der Waals surface area (Å²) < 4.78 is 5.09. The fraction of sp³-hybridized carbons (Fsp3) is 0.429. The first kappa shape index (κ1) is 16.1. The number of nitrogens with zero attached hydrogens (tertiary/aromatic N) is 1. The minimum atomic E-state index is -0.545. The van der Waals surface area contributed by atoms with Gasteiger partial charge in [-0.25, -0.2) is 0 Å². The van der Waals surface area contributed by atoms with Crippen LogP contribution in [0.25, 0.3) is 0 Å². The van der Waals surface area contributed by atoms with E-state index in [1.807, 2.05) is 30.3 Å². The van der Waals surface area contributed by atoms with Gasteiger partial charge >= 0.3 is 0 Å². The number of rotatable bonds is 8. The normalized spacial score (nSPS) is 11.9. The fourth-order valence-corrected chi connectivity index (χ4v) is 1.81. The molecule has 0 spiro atoms. The Morgan fingerprint density at radius 3 is 2.45 bits per heavy atom. The third-order valence-corrected chi connectivity index (χ3v) is 2.91. The molecule has 0 aliphatic rings. The summed E-state index contributed by atoms with van der Waals surface area (Å²) in [5, 5.41) is 0. The van der Waals surface area contributed by atoms with Crippen molar-refractivity contribution in [2.75, 3.05) is 20.2 Å². The van der Waals surface area contributed by atoms with Crippen LogP contribution in [0.15, 0.2) is 30.3 Å². The molecule has 4 N–H and O–H groups in total. The van der Waals surface area contributed by atoms with Crippen molar-refractivity contribution in [3.8, 4) is 0 Å². The van der Waals surface area contributed by atoms with E-state index in [1.54, 1.807) is 0 Å². The molecule has 1 aromatic rings. The second kappa shape index (κ2) is 8.29. The third kappa shape index (κ3) is 5.38. The number of primary amides is 1. The molecular formula is C14H21N3O3. The van der Waals surface area contributed by atoms with Gasteiger partial charge in [0, 0.05) is 20.2 Å². The van der Waals surface area contributed by atoms with Crippen molar-refractivity contribution in [1.82, 2.24) is 4.90 Å². The lowest BCUT2D eigenvalue weighted by Crippen LogP contribution is -2.40. The second-order valence-corrected chi connectivity index (χ2v) is 4.50. The summed E-state index contributed by atoms with van der Waals surface area (Å²) in [4.78, 5) is 24.7. The first-order valence-electron chi connectivity index (χ1n) is 6.39. The van der Waals surface area contributed by atoms with Crippen LogP contribution in [-0.4, -0.2) is 43.0 Å². The molecule has 0 aliphatic heterocycles. The monoisotopic (exact) mass is 279 g/mol. The molecule has 0 fully saturated rings. The zero-order valence-electron chi connectivity index (χ0n) is 11.6. The number of ether oxygens (including phenoxy) is 1. The van der Waals surface area contributed by atoms with Crippen molar-refractivity contribution in [3.63, 3.8) is 0 Å². The van der Waals surface area contributed by atoms with Gasteiger partial charge in [-0.3, -0.25) is 9.59 Å². The van der Waals surface area contributed by atoms with Gasteiger partial charge in [-0.15, -0.1) is 0 Å². The molecule has 6 nitrogen and oxygen atoms in total. The smallest absolute Gasteiger partial charge is 0.237 e. The van der Waals surface area contributed by atoms with Gasteiger partial charge in [0.25, 0.3) is 0 Å². The highest BCUT2D eigenvalue weighted by Crippen LogP contribution is 2.08. The van der Waals surface area contributed by atoms with Gasteiger partial charge in [0.2, 0.25) is 11.8 Å². The lowest BCUT2D eigenvalue weighted by Gasteiger charge is -2.23. The Hall–Kier alpha value is -1.92. The summed E-state index contributed by atoms with van der Waals surface area (Å²) in [6, 6.07) is 9.41. The highest BCUT2D eigenvalue weighted by atomic mass is 16.5. The summed E-state index contributed by atoms with van der Waals surface area (Å²) in [5.41, 5.74) is 11.6. The lowest BCUT2D eigenvalue weighted by atomic mass is 10.1. The quantitative estimate of drug-likeness (QED) is 0.692. The Morgan fingerprint density at radius 2 is 1.95 bits per heavy atom. The van der Waals surface area contributed by atoms with Crippen LogP contribution in [-0.2, 0) is 20.9 Å². The van der Waals surface area contributed by atoms with Crippen LogP contribution in [0.1, 0.15) is 12.0 Å². The maximum absolute atomic E-state index is 12.2. The average Bonchev–Trinajstić information content (AvgIpc) is 2.44. The molecule has 0 saturated carbocycles. The summed E-state index contributed by atoms with van der Waals surface area (Å²) in [6.45, 7) is 0.469. The third-order valence-electron chi connectivity index (χ3n) is 2.91. The van der Waals surface area contributed by atoms with Gasteiger partial charge in [0.05, 0.1) is 19.1 Å². The van der Waals surface area contributed by atoms with E-state index in [-0.39, 0.29) is 31.5 Å². The standard InChI is InChI=1S/C14H21N3O3/c1-20-12(8-15)7-14(19)17(10-13(16)18)9-11-5-3-2-4-6-11/h2-6,12H,7-10,15H2,1H3,(H2,16,18). The highest BCUT2D eigenvalue weighted by Gasteiger charge is 2.20. The van der Waals surface area contributed by atoms with Gasteiger partial charge in [-0.05, 0) is 5.56 Å². The molecule has 110 valence electrons. The topological polar surface area (TPSA) is 98.7 Å². The molecule has 0 heterocycles. The van der Waals surface area contributed by atoms with E-state index in [2.05, 4.69) is 0 Å². The predicted octanol–water partition coefficient (Wildman–Crippen LogP) is -0.136. The Labute approximate surface area is 118 Å². The highest BCUT2D eigenvalue weighted by molar-refractivity contribution is 5.84. The average molecular weight is 279 g/mol. The zero-order chi connectivity index (χ0) is 15.0. The Morgan fingerprint density at radius 1 is 1.30 bits per heavy atom. The summed E-state index contributed by atoms with van der Waals surface area (Å²) in [7, 11) is 1.50. The van der Waals surface area contributed by atoms with Gasteiger partial charge in [-0.1, -0.05) is 30.3 Å². The number of carbonyl (C=O) groups is 2. The van der Waals surface area contributed by atoms with Gasteiger partial charge < -0.3 is 21.1 Å². The zero-order valence-corrected chi connectivity index (χ0v) is 11.6. The van der Waals surface area contributed by atoms with Gasteiger partial charge in [-0.2, -0.15) is 0 Å². The van der Waals surface area contributed by atoms with E-state index in [1.165, 1.54) is 12.0 Å². The first-order chi connectivity index (χ1) is 9.56. The largest absolute Gasteiger partial charge is 0.380 e. The SMILES string of the molecule is COC(CN)CC(=O)N(CC(N)=O)Cc1ccccc1. The molecule has 1 aromatic carbocycles. The molecule has 0 bridgehead atoms. The predicted molar refractivity (Wildman–Crippen MR) is 75.5 cm³/mol. The van der Waals surface area contributed by atoms with Crippen LogP contribution in [0.4, 0.5) is 0 Å². The van der Waals surface area contributed by atoms with Crippen molar-refractivity contribution in [3.05, 3.63) is 35.9 Å². The fourth-order valence-electron chi connectivity index (χ4n) is 1.81. The number of nitrogens with two attached hydrogens (primary N) is 2. The van der Waals surface area contributed by atoms with Crippen LogP contribution in [0.5, 0.6) is 0 Å². The van der Waals surface area contributed by atoms with Crippen molar-refractivity contribution in [2.24, 2.45) is 11.5 Å². The van der Waals surface area contributed by atoms with Crippen molar-refractivity contribution in [2.45, 2.75) is 19.1 Å². The van der Waals surface area contributed by atoms with E-state index in [0.717, 1.165) is 5.56 Å². The summed E-state index contributed by atoms with van der Waals surface area (Å²) >= 11 is 0. The Bertz CT molecular complexity index is 433. The number of methoxy groups -OCH3 is 1. The molecule has 1 atom stereocenters. The molecule has 20 heavy (non-hydrogen) atoms. The Balaban J connectivity index is 2.73. The molecule has 1 rings (SSSR count). The molecule has 0 aromatic heterocycles. The minimum absolute atomic E-state index is 0.116. The second-order valence-electron chi connectivity index (χ2n) is 4.50. The van der Waals surface area contributed by atoms with E-state index in [4.69, 9.17) is 16.2 Å². The Kier molecular flexibility index (Phi) is 6.69. The lowest BCUT2D eigenvalue weighted by molar-refractivity contribution is -0.137. The minimum Gasteiger partial charge on any atom is -0.380 e. The molecule has 0 radical (unpaired) electrons. The first-order valence-corrected chi connectivity index (χ1v) is 6.39. The van der Waals surface area contributed by atoms with Gasteiger partial charge in [0.1, 0.15) is 0 Å². The van der Waals surface area contributed by atoms with E-state index < -0.39 is 5.91 Å². The molecule has 1 unspecified atom stereocenters. The summed E-state index contributed by atoms with van der Waals surface area (Å²) in [6.07, 6.45) is -0.221. The van der Waals surface area contributed by atoms with E-state index in [9.17, 15) is 9.59 Å². The molecular weight excluding hydrogens is 258 g/mol. The van der Waals surface area contributed by atoms with Crippen LogP contribution in [0.3, 0.4) is 0 Å². The number of amides is 2. The van der Waals surface area contributed by atoms with Crippen molar-refractivity contribution >= 4 is 11.8 Å². The van der Waals surface area contributed by atoms with Crippen LogP contribution < -0.4 is 11.5 Å². The number of hydrogen-bond acceptors (Lipinski definition) is 4. The molecule has 0 saturated heterocycles. The summed E-state index contributed by atoms with van der Waals surface area (Å²) in [5.74, 6) is -0.749. The van der Waals surface area contributed by atoms with Gasteiger partial charge in [0.15, 0.2) is 0 Å². The van der Waals surface area contributed by atoms with E-state index >= 15 is 0 Å².